The van der Waals surface area contributed by atoms with Crippen LogP contribution in [-0.4, -0.2) is 99.1 Å². The molecule has 0 saturated carbocycles. The van der Waals surface area contributed by atoms with E-state index in [1.54, 1.807) is 22.9 Å². The van der Waals surface area contributed by atoms with Crippen molar-refractivity contribution >= 4 is 39.6 Å². The smallest absolute Gasteiger partial charge is 0.313 e. The number of likely N-dealkylation sites (tertiary alicyclic amines) is 1. The van der Waals surface area contributed by atoms with Crippen molar-refractivity contribution < 1.29 is 33.8 Å². The predicted molar refractivity (Wildman–Crippen MR) is 171 cm³/mol. The van der Waals surface area contributed by atoms with Crippen LogP contribution >= 0.6 is 15.9 Å². The van der Waals surface area contributed by atoms with E-state index < -0.39 is 65.2 Å². The lowest BCUT2D eigenvalue weighted by atomic mass is 9.74. The molecule has 0 aromatic heterocycles. The van der Waals surface area contributed by atoms with Crippen molar-refractivity contribution in [3.05, 3.63) is 58.6 Å². The molecule has 4 aliphatic heterocycles. The second kappa shape index (κ2) is 12.6. The van der Waals surface area contributed by atoms with Crippen LogP contribution in [0.5, 0.6) is 0 Å². The van der Waals surface area contributed by atoms with E-state index in [4.69, 9.17) is 9.47 Å². The number of aliphatic hydroxyl groups is 1. The van der Waals surface area contributed by atoms with E-state index in [1.165, 1.54) is 4.90 Å². The van der Waals surface area contributed by atoms with Gasteiger partial charge < -0.3 is 29.3 Å². The Hall–Kier alpha value is -3.02. The van der Waals surface area contributed by atoms with Crippen molar-refractivity contribution in [2.24, 2.45) is 11.8 Å². The third-order valence-electron chi connectivity index (χ3n) is 9.81. The molecule has 4 heterocycles. The molecule has 1 spiro atoms. The molecule has 45 heavy (non-hydrogen) atoms. The van der Waals surface area contributed by atoms with Crippen molar-refractivity contribution in [1.82, 2.24) is 14.7 Å². The van der Waals surface area contributed by atoms with Crippen LogP contribution in [-0.2, 0) is 28.7 Å². The zero-order valence-electron chi connectivity index (χ0n) is 26.8. The highest BCUT2D eigenvalue weighted by molar-refractivity contribution is 9.11. The molecule has 11 heteroatoms. The first-order valence-corrected chi connectivity index (χ1v) is 16.5. The Morgan fingerprint density at radius 2 is 1.76 bits per heavy atom. The number of hydrogen-bond acceptors (Lipinski definition) is 7. The summed E-state index contributed by atoms with van der Waals surface area (Å²) < 4.78 is 13.5. The normalized spacial score (nSPS) is 34.1. The van der Waals surface area contributed by atoms with Crippen molar-refractivity contribution in [2.45, 2.75) is 95.4 Å². The van der Waals surface area contributed by atoms with Crippen LogP contribution in [0.1, 0.15) is 65.5 Å². The molecular weight excluding hydrogens is 642 g/mol. The minimum atomic E-state index is -1.44. The number of fused-ring (bicyclic) bond motifs is 2. The SMILES string of the molecule is CC[C@@H](CO)N1C(=O)[C@@H]2[C@H]3C(=O)O[C@@H](c4ccccc4)[C@H](C)N(C)C(=O)CC/C=C\CN(C(C)(C)C)C(=O)[C@@H]1[C@]21C=C(Br)[C@H]3O1. The summed E-state index contributed by atoms with van der Waals surface area (Å²) in [7, 11) is 1.70. The van der Waals surface area contributed by atoms with E-state index in [-0.39, 0.29) is 31.4 Å². The van der Waals surface area contributed by atoms with Gasteiger partial charge in [0.1, 0.15) is 29.8 Å². The van der Waals surface area contributed by atoms with Crippen molar-refractivity contribution in [3.8, 4) is 0 Å². The number of nitrogens with zero attached hydrogens (tertiary/aromatic N) is 3. The van der Waals surface area contributed by atoms with Crippen LogP contribution < -0.4 is 0 Å². The minimum absolute atomic E-state index is 0.107. The molecule has 2 fully saturated rings. The number of esters is 1. The average molecular weight is 687 g/mol. The molecule has 5 rings (SSSR count). The maximum Gasteiger partial charge on any atom is 0.313 e. The molecule has 4 aliphatic rings. The number of carbonyl (C=O) groups is 4. The number of carbonyl (C=O) groups excluding carboxylic acids is 4. The molecule has 2 saturated heterocycles. The fraction of sp³-hybridized carbons (Fsp3) is 0.588. The van der Waals surface area contributed by atoms with E-state index in [1.807, 2.05) is 77.1 Å². The third-order valence-corrected chi connectivity index (χ3v) is 10.5. The molecule has 244 valence electrons. The number of ether oxygens (including phenoxy) is 2. The van der Waals surface area contributed by atoms with Gasteiger partial charge in [0.2, 0.25) is 17.7 Å². The lowest BCUT2D eigenvalue weighted by Crippen LogP contribution is -2.61. The maximum absolute atomic E-state index is 14.7. The molecule has 1 N–H and O–H groups in total. The monoisotopic (exact) mass is 685 g/mol. The van der Waals surface area contributed by atoms with E-state index in [0.29, 0.717) is 22.9 Å². The van der Waals surface area contributed by atoms with E-state index in [0.717, 1.165) is 0 Å². The first-order chi connectivity index (χ1) is 21.3. The van der Waals surface area contributed by atoms with Crippen molar-refractivity contribution in [3.63, 3.8) is 0 Å². The predicted octanol–water partition coefficient (Wildman–Crippen LogP) is 3.74. The standard InChI is InChI=1S/C34H44BrN3O7/c1-7-22(19-39)38-29-31(42)37(33(3,4)5)17-13-9-12-16-24(40)36(6)20(2)27(21-14-10-8-11-15-21)44-32(43)25-26(30(38)41)34(29)18-23(35)28(25)45-34/h8-11,13-15,18,20,22,25-29,39H,7,12,16-17,19H2,1-6H3/b13-9-/t20-,22-,25+,26-,27+,28+,29+,34-/m0/s1. The van der Waals surface area contributed by atoms with Gasteiger partial charge in [0.25, 0.3) is 0 Å². The van der Waals surface area contributed by atoms with Gasteiger partial charge in [-0.1, -0.05) is 65.3 Å². The Kier molecular flexibility index (Phi) is 9.37. The number of hydrogen-bond donors (Lipinski definition) is 1. The summed E-state index contributed by atoms with van der Waals surface area (Å²) in [6.07, 6.45) is 5.00. The summed E-state index contributed by atoms with van der Waals surface area (Å²) >= 11 is 3.59. The second-order valence-electron chi connectivity index (χ2n) is 13.5. The number of likely N-dealkylation sites (N-methyl/N-ethyl adjacent to an activating group) is 1. The Bertz CT molecular complexity index is 1390. The lowest BCUT2D eigenvalue weighted by Gasteiger charge is -2.42. The van der Waals surface area contributed by atoms with Crippen LogP contribution in [0, 0.1) is 11.8 Å². The first-order valence-electron chi connectivity index (χ1n) is 15.7. The molecule has 5 bridgehead atoms. The molecule has 8 atom stereocenters. The molecule has 3 amide bonds. The van der Waals surface area contributed by atoms with Crippen molar-refractivity contribution in [1.29, 1.82) is 0 Å². The molecule has 0 radical (unpaired) electrons. The Balaban J connectivity index is 1.67. The van der Waals surface area contributed by atoms with Gasteiger partial charge in [0, 0.05) is 30.0 Å². The van der Waals surface area contributed by atoms with Gasteiger partial charge in [-0.15, -0.1) is 0 Å². The quantitative estimate of drug-likeness (QED) is 0.379. The summed E-state index contributed by atoms with van der Waals surface area (Å²) in [6.45, 7) is 9.35. The fourth-order valence-electron chi connectivity index (χ4n) is 7.26. The topological polar surface area (TPSA) is 117 Å². The van der Waals surface area contributed by atoms with Crippen molar-refractivity contribution in [2.75, 3.05) is 20.2 Å². The van der Waals surface area contributed by atoms with Gasteiger partial charge in [-0.25, -0.2) is 0 Å². The van der Waals surface area contributed by atoms with Gasteiger partial charge in [-0.2, -0.15) is 0 Å². The molecular formula is C34H44BrN3O7. The van der Waals surface area contributed by atoms with Crippen LogP contribution in [0.15, 0.2) is 53.0 Å². The summed E-state index contributed by atoms with van der Waals surface area (Å²) in [4.78, 5) is 61.6. The first kappa shape index (κ1) is 33.3. The van der Waals surface area contributed by atoms with Gasteiger partial charge in [-0.05, 0) is 52.2 Å². The van der Waals surface area contributed by atoms with E-state index in [9.17, 15) is 24.3 Å². The Morgan fingerprint density at radius 1 is 1.07 bits per heavy atom. The number of rotatable bonds is 4. The summed E-state index contributed by atoms with van der Waals surface area (Å²) in [5.41, 5.74) is -1.37. The summed E-state index contributed by atoms with van der Waals surface area (Å²) in [6, 6.07) is 6.96. The highest BCUT2D eigenvalue weighted by Crippen LogP contribution is 2.59. The molecule has 0 unspecified atom stereocenters. The highest BCUT2D eigenvalue weighted by atomic mass is 79.9. The zero-order chi connectivity index (χ0) is 32.8. The number of aliphatic hydroxyl groups excluding tert-OH is 1. The lowest BCUT2D eigenvalue weighted by molar-refractivity contribution is -0.164. The van der Waals surface area contributed by atoms with Crippen LogP contribution in [0.4, 0.5) is 0 Å². The van der Waals surface area contributed by atoms with Crippen LogP contribution in [0.25, 0.3) is 0 Å². The largest absolute Gasteiger partial charge is 0.455 e. The highest BCUT2D eigenvalue weighted by Gasteiger charge is 2.75. The minimum Gasteiger partial charge on any atom is -0.455 e. The summed E-state index contributed by atoms with van der Waals surface area (Å²) in [5.74, 6) is -3.59. The van der Waals surface area contributed by atoms with E-state index in [2.05, 4.69) is 15.9 Å². The number of halogens is 1. The number of allylic oxidation sites excluding steroid dienone is 1. The summed E-state index contributed by atoms with van der Waals surface area (Å²) in [5, 5.41) is 10.4. The average Bonchev–Trinajstić information content (AvgIpc) is 3.60. The number of amides is 3. The fourth-order valence-corrected chi connectivity index (χ4v) is 7.99. The maximum atomic E-state index is 14.7. The van der Waals surface area contributed by atoms with Gasteiger partial charge in [0.05, 0.1) is 24.6 Å². The number of cyclic esters (lactones) is 1. The molecule has 1 aromatic rings. The van der Waals surface area contributed by atoms with Gasteiger partial charge >= 0.3 is 5.97 Å². The second-order valence-corrected chi connectivity index (χ2v) is 14.4. The van der Waals surface area contributed by atoms with E-state index >= 15 is 0 Å². The van der Waals surface area contributed by atoms with Crippen LogP contribution in [0.2, 0.25) is 0 Å². The zero-order valence-corrected chi connectivity index (χ0v) is 28.4. The van der Waals surface area contributed by atoms with Gasteiger partial charge in [0.15, 0.2) is 0 Å². The molecule has 1 aromatic carbocycles. The molecule has 10 nitrogen and oxygen atoms in total. The molecule has 0 aliphatic carbocycles. The third kappa shape index (κ3) is 5.65. The van der Waals surface area contributed by atoms with Crippen LogP contribution in [0.3, 0.4) is 0 Å². The Morgan fingerprint density at radius 3 is 2.38 bits per heavy atom. The Labute approximate surface area is 273 Å². The number of benzene rings is 1. The van der Waals surface area contributed by atoms with Gasteiger partial charge in [-0.3, -0.25) is 19.2 Å².